The Bertz CT molecular complexity index is 436. The monoisotopic (exact) mass is 290 g/mol. The molecule has 2 rings (SSSR count). The van der Waals surface area contributed by atoms with Crippen molar-refractivity contribution < 1.29 is 4.74 Å². The van der Waals surface area contributed by atoms with Gasteiger partial charge in [0.15, 0.2) is 0 Å². The van der Waals surface area contributed by atoms with Crippen LogP contribution in [0.2, 0.25) is 0 Å². The third kappa shape index (κ3) is 4.72. The lowest BCUT2D eigenvalue weighted by atomic mass is 9.87. The van der Waals surface area contributed by atoms with Gasteiger partial charge < -0.3 is 10.5 Å². The molecule has 1 aliphatic heterocycles. The van der Waals surface area contributed by atoms with Crippen LogP contribution in [0.1, 0.15) is 39.7 Å². The molecule has 1 aromatic rings. The molecule has 1 heterocycles. The molecule has 3 heteroatoms. The number of hydrogen-bond acceptors (Lipinski definition) is 3. The molecule has 0 aromatic heterocycles. The molecule has 1 fully saturated rings. The van der Waals surface area contributed by atoms with Crippen molar-refractivity contribution in [1.82, 2.24) is 4.90 Å². The fourth-order valence-corrected chi connectivity index (χ4v) is 2.94. The van der Waals surface area contributed by atoms with Crippen molar-refractivity contribution in [1.29, 1.82) is 0 Å². The van der Waals surface area contributed by atoms with Gasteiger partial charge in [-0.15, -0.1) is 0 Å². The minimum absolute atomic E-state index is 0.191. The molecule has 21 heavy (non-hydrogen) atoms. The summed E-state index contributed by atoms with van der Waals surface area (Å²) >= 11 is 0. The second-order valence-electron chi connectivity index (χ2n) is 7.35. The zero-order valence-corrected chi connectivity index (χ0v) is 13.9. The van der Waals surface area contributed by atoms with Crippen LogP contribution >= 0.6 is 0 Å². The number of likely N-dealkylation sites (tertiary alicyclic amines) is 1. The molecule has 118 valence electrons. The second kappa shape index (κ2) is 6.80. The van der Waals surface area contributed by atoms with Crippen LogP contribution < -0.4 is 10.5 Å². The van der Waals surface area contributed by atoms with Crippen LogP contribution in [-0.4, -0.2) is 37.2 Å². The van der Waals surface area contributed by atoms with Gasteiger partial charge in [-0.25, -0.2) is 0 Å². The Morgan fingerprint density at radius 2 is 1.95 bits per heavy atom. The van der Waals surface area contributed by atoms with E-state index in [1.807, 2.05) is 0 Å². The quantitative estimate of drug-likeness (QED) is 0.906. The van der Waals surface area contributed by atoms with Crippen LogP contribution in [0.15, 0.2) is 24.3 Å². The number of benzene rings is 1. The van der Waals surface area contributed by atoms with E-state index in [1.54, 1.807) is 0 Å². The predicted molar refractivity (Wildman–Crippen MR) is 88.8 cm³/mol. The molecule has 0 radical (unpaired) electrons. The molecule has 3 nitrogen and oxygen atoms in total. The van der Waals surface area contributed by atoms with Crippen molar-refractivity contribution in [3.63, 3.8) is 0 Å². The molecule has 1 saturated heterocycles. The fraction of sp³-hybridized carbons (Fsp3) is 0.667. The molecule has 0 aliphatic carbocycles. The van der Waals surface area contributed by atoms with Crippen LogP contribution in [0.25, 0.3) is 0 Å². The Kier molecular flexibility index (Phi) is 5.28. The largest absolute Gasteiger partial charge is 0.489 e. The van der Waals surface area contributed by atoms with Gasteiger partial charge in [0.2, 0.25) is 0 Å². The molecule has 2 N–H and O–H groups in total. The van der Waals surface area contributed by atoms with Crippen LogP contribution in [-0.2, 0) is 5.41 Å². The summed E-state index contributed by atoms with van der Waals surface area (Å²) in [6.45, 7) is 12.9. The average Bonchev–Trinajstić information content (AvgIpc) is 2.85. The molecule has 0 spiro atoms. The predicted octanol–water partition coefficient (Wildman–Crippen LogP) is 3.03. The lowest BCUT2D eigenvalue weighted by Crippen LogP contribution is -2.33. The Hall–Kier alpha value is -1.06. The third-order valence-corrected chi connectivity index (χ3v) is 4.28. The van der Waals surface area contributed by atoms with Gasteiger partial charge in [0.1, 0.15) is 11.9 Å². The standard InChI is InChI=1S/C18H30N2O/c1-14(12-20-10-9-15(11-19)13-20)21-17-7-5-16(6-8-17)18(2,3)4/h5-8,14-15H,9-13,19H2,1-4H3. The van der Waals surface area contributed by atoms with Gasteiger partial charge in [0.25, 0.3) is 0 Å². The van der Waals surface area contributed by atoms with Crippen LogP contribution in [0.5, 0.6) is 5.75 Å². The molecule has 0 bridgehead atoms. The highest BCUT2D eigenvalue weighted by molar-refractivity contribution is 5.31. The van der Waals surface area contributed by atoms with Gasteiger partial charge in [-0.1, -0.05) is 32.9 Å². The number of hydrogen-bond donors (Lipinski definition) is 1. The molecule has 2 atom stereocenters. The van der Waals surface area contributed by atoms with Gasteiger partial charge in [0, 0.05) is 13.1 Å². The van der Waals surface area contributed by atoms with E-state index in [2.05, 4.69) is 56.9 Å². The first-order valence-electron chi connectivity index (χ1n) is 8.08. The van der Waals surface area contributed by atoms with E-state index in [9.17, 15) is 0 Å². The molecule has 1 aromatic carbocycles. The summed E-state index contributed by atoms with van der Waals surface area (Å²) in [6, 6.07) is 8.51. The lowest BCUT2D eigenvalue weighted by Gasteiger charge is -2.23. The molecule has 1 aliphatic rings. The van der Waals surface area contributed by atoms with Crippen molar-refractivity contribution in [2.45, 2.75) is 45.6 Å². The first-order chi connectivity index (χ1) is 9.88. The highest BCUT2D eigenvalue weighted by Crippen LogP contribution is 2.25. The zero-order chi connectivity index (χ0) is 15.5. The van der Waals surface area contributed by atoms with Crippen LogP contribution in [0, 0.1) is 5.92 Å². The molecule has 2 unspecified atom stereocenters. The maximum atomic E-state index is 6.04. The summed E-state index contributed by atoms with van der Waals surface area (Å²) < 4.78 is 6.04. The summed E-state index contributed by atoms with van der Waals surface area (Å²) in [6.07, 6.45) is 1.44. The van der Waals surface area contributed by atoms with Crippen molar-refractivity contribution in [3.05, 3.63) is 29.8 Å². The maximum Gasteiger partial charge on any atom is 0.119 e. The first kappa shape index (κ1) is 16.3. The highest BCUT2D eigenvalue weighted by atomic mass is 16.5. The van der Waals surface area contributed by atoms with Crippen molar-refractivity contribution in [2.75, 3.05) is 26.2 Å². The zero-order valence-electron chi connectivity index (χ0n) is 13.9. The van der Waals surface area contributed by atoms with E-state index >= 15 is 0 Å². The van der Waals surface area contributed by atoms with Gasteiger partial charge in [-0.3, -0.25) is 4.90 Å². The number of nitrogens with zero attached hydrogens (tertiary/aromatic N) is 1. The van der Waals surface area contributed by atoms with Crippen molar-refractivity contribution >= 4 is 0 Å². The van der Waals surface area contributed by atoms with Crippen molar-refractivity contribution in [2.24, 2.45) is 11.7 Å². The average molecular weight is 290 g/mol. The molecular formula is C18H30N2O. The molecule has 0 amide bonds. The maximum absolute atomic E-state index is 6.04. The summed E-state index contributed by atoms with van der Waals surface area (Å²) in [7, 11) is 0. The van der Waals surface area contributed by atoms with Gasteiger partial charge in [-0.2, -0.15) is 0 Å². The van der Waals surface area contributed by atoms with Gasteiger partial charge in [-0.05, 0) is 55.5 Å². The third-order valence-electron chi connectivity index (χ3n) is 4.28. The Morgan fingerprint density at radius 1 is 1.29 bits per heavy atom. The van der Waals surface area contributed by atoms with E-state index in [1.165, 1.54) is 12.0 Å². The van der Waals surface area contributed by atoms with Gasteiger partial charge >= 0.3 is 0 Å². The highest BCUT2D eigenvalue weighted by Gasteiger charge is 2.23. The van der Waals surface area contributed by atoms with E-state index in [0.29, 0.717) is 5.92 Å². The van der Waals surface area contributed by atoms with E-state index in [0.717, 1.165) is 31.9 Å². The van der Waals surface area contributed by atoms with Gasteiger partial charge in [0.05, 0.1) is 0 Å². The summed E-state index contributed by atoms with van der Waals surface area (Å²) in [5, 5.41) is 0. The topological polar surface area (TPSA) is 38.5 Å². The number of ether oxygens (including phenoxy) is 1. The summed E-state index contributed by atoms with van der Waals surface area (Å²) in [5.41, 5.74) is 7.27. The normalized spacial score (nSPS) is 21.5. The van der Waals surface area contributed by atoms with Crippen LogP contribution in [0.3, 0.4) is 0 Å². The van der Waals surface area contributed by atoms with E-state index < -0.39 is 0 Å². The van der Waals surface area contributed by atoms with Crippen LogP contribution in [0.4, 0.5) is 0 Å². The number of rotatable bonds is 5. The summed E-state index contributed by atoms with van der Waals surface area (Å²) in [4.78, 5) is 2.46. The van der Waals surface area contributed by atoms with Crippen molar-refractivity contribution in [3.8, 4) is 5.75 Å². The van der Waals surface area contributed by atoms with E-state index in [-0.39, 0.29) is 11.5 Å². The minimum atomic E-state index is 0.191. The minimum Gasteiger partial charge on any atom is -0.489 e. The lowest BCUT2D eigenvalue weighted by molar-refractivity contribution is 0.159. The number of nitrogens with two attached hydrogens (primary N) is 1. The SMILES string of the molecule is CC(CN1CCC(CN)C1)Oc1ccc(C(C)(C)C)cc1. The molecule has 0 saturated carbocycles. The summed E-state index contributed by atoms with van der Waals surface area (Å²) in [5.74, 6) is 1.63. The molecular weight excluding hydrogens is 260 g/mol. The first-order valence-corrected chi connectivity index (χ1v) is 8.08. The Balaban J connectivity index is 1.84. The Morgan fingerprint density at radius 3 is 2.48 bits per heavy atom. The smallest absolute Gasteiger partial charge is 0.119 e. The fourth-order valence-electron chi connectivity index (χ4n) is 2.94. The Labute approximate surface area is 129 Å². The second-order valence-corrected chi connectivity index (χ2v) is 7.35. The van der Waals surface area contributed by atoms with E-state index in [4.69, 9.17) is 10.5 Å².